The van der Waals surface area contributed by atoms with Crippen molar-refractivity contribution in [1.82, 2.24) is 4.90 Å². The SMILES string of the molecule is Cc1cc(Cl)ccc1CN1CCCC(CN)C1.Cl. The van der Waals surface area contributed by atoms with Gasteiger partial charge in [-0.1, -0.05) is 17.7 Å². The maximum atomic E-state index is 5.98. The Morgan fingerprint density at radius 3 is 2.89 bits per heavy atom. The molecule has 0 amide bonds. The molecule has 0 spiro atoms. The van der Waals surface area contributed by atoms with Crippen LogP contribution >= 0.6 is 24.0 Å². The van der Waals surface area contributed by atoms with Gasteiger partial charge in [0.05, 0.1) is 0 Å². The third-order valence-electron chi connectivity index (χ3n) is 3.64. The molecule has 1 heterocycles. The van der Waals surface area contributed by atoms with E-state index in [1.807, 2.05) is 12.1 Å². The van der Waals surface area contributed by atoms with Gasteiger partial charge in [0.15, 0.2) is 0 Å². The Morgan fingerprint density at radius 1 is 1.44 bits per heavy atom. The van der Waals surface area contributed by atoms with Gasteiger partial charge in [-0.05, 0) is 62.0 Å². The number of aryl methyl sites for hydroxylation is 1. The van der Waals surface area contributed by atoms with E-state index in [9.17, 15) is 0 Å². The van der Waals surface area contributed by atoms with Crippen LogP contribution in [0.1, 0.15) is 24.0 Å². The minimum Gasteiger partial charge on any atom is -0.330 e. The largest absolute Gasteiger partial charge is 0.330 e. The van der Waals surface area contributed by atoms with Gasteiger partial charge in [0, 0.05) is 18.1 Å². The van der Waals surface area contributed by atoms with E-state index >= 15 is 0 Å². The number of hydrogen-bond donors (Lipinski definition) is 1. The van der Waals surface area contributed by atoms with Gasteiger partial charge in [0.2, 0.25) is 0 Å². The van der Waals surface area contributed by atoms with Gasteiger partial charge in [0.1, 0.15) is 0 Å². The molecule has 1 fully saturated rings. The Morgan fingerprint density at radius 2 is 2.22 bits per heavy atom. The molecule has 1 aromatic carbocycles. The van der Waals surface area contributed by atoms with Gasteiger partial charge in [-0.25, -0.2) is 0 Å². The van der Waals surface area contributed by atoms with E-state index in [1.54, 1.807) is 0 Å². The van der Waals surface area contributed by atoms with Crippen molar-refractivity contribution >= 4 is 24.0 Å². The molecule has 1 aliphatic rings. The summed E-state index contributed by atoms with van der Waals surface area (Å²) >= 11 is 5.98. The molecule has 2 nitrogen and oxygen atoms in total. The molecular weight excluding hydrogens is 267 g/mol. The Kier molecular flexibility index (Phi) is 6.44. The van der Waals surface area contributed by atoms with E-state index in [2.05, 4.69) is 17.9 Å². The van der Waals surface area contributed by atoms with Crippen LogP contribution in [0.25, 0.3) is 0 Å². The summed E-state index contributed by atoms with van der Waals surface area (Å²) in [6.07, 6.45) is 2.56. The van der Waals surface area contributed by atoms with E-state index in [4.69, 9.17) is 17.3 Å². The summed E-state index contributed by atoms with van der Waals surface area (Å²) in [7, 11) is 0. The molecule has 1 saturated heterocycles. The fourth-order valence-corrected chi connectivity index (χ4v) is 2.79. The van der Waals surface area contributed by atoms with Crippen molar-refractivity contribution in [3.63, 3.8) is 0 Å². The molecule has 1 unspecified atom stereocenters. The Labute approximate surface area is 121 Å². The molecular formula is C14H22Cl2N2. The smallest absolute Gasteiger partial charge is 0.0408 e. The van der Waals surface area contributed by atoms with Gasteiger partial charge in [-0.15, -0.1) is 12.4 Å². The first kappa shape index (κ1) is 15.8. The van der Waals surface area contributed by atoms with E-state index < -0.39 is 0 Å². The Bertz CT molecular complexity index is 382. The number of nitrogens with two attached hydrogens (primary N) is 1. The molecule has 1 aromatic rings. The average molecular weight is 289 g/mol. The van der Waals surface area contributed by atoms with Crippen molar-refractivity contribution < 1.29 is 0 Å². The highest BCUT2D eigenvalue weighted by molar-refractivity contribution is 6.30. The van der Waals surface area contributed by atoms with Crippen LogP contribution < -0.4 is 5.73 Å². The van der Waals surface area contributed by atoms with Gasteiger partial charge in [-0.2, -0.15) is 0 Å². The van der Waals surface area contributed by atoms with Crippen molar-refractivity contribution in [2.24, 2.45) is 11.7 Å². The molecule has 0 saturated carbocycles. The molecule has 0 radical (unpaired) electrons. The first-order chi connectivity index (χ1) is 8.19. The highest BCUT2D eigenvalue weighted by atomic mass is 35.5. The monoisotopic (exact) mass is 288 g/mol. The minimum atomic E-state index is 0. The zero-order chi connectivity index (χ0) is 12.3. The van der Waals surface area contributed by atoms with Crippen LogP contribution in [0, 0.1) is 12.8 Å². The standard InChI is InChI=1S/C14H21ClN2.ClH/c1-11-7-14(15)5-4-13(11)10-17-6-2-3-12(8-16)9-17;/h4-5,7,12H,2-3,6,8-10,16H2,1H3;1H. The summed E-state index contributed by atoms with van der Waals surface area (Å²) < 4.78 is 0. The number of benzene rings is 1. The van der Waals surface area contributed by atoms with Crippen molar-refractivity contribution in [2.75, 3.05) is 19.6 Å². The molecule has 2 rings (SSSR count). The lowest BCUT2D eigenvalue weighted by atomic mass is 9.97. The predicted octanol–water partition coefficient (Wildman–Crippen LogP) is 3.24. The molecule has 4 heteroatoms. The van der Waals surface area contributed by atoms with Crippen LogP contribution in [0.4, 0.5) is 0 Å². The zero-order valence-electron chi connectivity index (χ0n) is 10.9. The fraction of sp³-hybridized carbons (Fsp3) is 0.571. The van der Waals surface area contributed by atoms with Gasteiger partial charge in [-0.3, -0.25) is 4.90 Å². The van der Waals surface area contributed by atoms with E-state index in [0.717, 1.165) is 24.7 Å². The maximum absolute atomic E-state index is 5.98. The summed E-state index contributed by atoms with van der Waals surface area (Å²) in [4.78, 5) is 2.51. The third kappa shape index (κ3) is 4.13. The molecule has 0 aromatic heterocycles. The molecule has 18 heavy (non-hydrogen) atoms. The van der Waals surface area contributed by atoms with Crippen LogP contribution in [0.3, 0.4) is 0 Å². The molecule has 2 N–H and O–H groups in total. The van der Waals surface area contributed by atoms with Crippen molar-refractivity contribution in [3.05, 3.63) is 34.3 Å². The van der Waals surface area contributed by atoms with Crippen LogP contribution in [0.15, 0.2) is 18.2 Å². The van der Waals surface area contributed by atoms with Crippen molar-refractivity contribution in [3.8, 4) is 0 Å². The van der Waals surface area contributed by atoms with Gasteiger partial charge in [0.25, 0.3) is 0 Å². The molecule has 0 aliphatic carbocycles. The quantitative estimate of drug-likeness (QED) is 0.925. The zero-order valence-corrected chi connectivity index (χ0v) is 12.4. The first-order valence-corrected chi connectivity index (χ1v) is 6.74. The lowest BCUT2D eigenvalue weighted by Gasteiger charge is -2.32. The summed E-state index contributed by atoms with van der Waals surface area (Å²) in [5.74, 6) is 0.677. The van der Waals surface area contributed by atoms with Crippen LogP contribution in [-0.4, -0.2) is 24.5 Å². The fourth-order valence-electron chi connectivity index (χ4n) is 2.56. The predicted molar refractivity (Wildman–Crippen MR) is 80.5 cm³/mol. The normalized spacial score (nSPS) is 20.5. The van der Waals surface area contributed by atoms with Crippen molar-refractivity contribution in [2.45, 2.75) is 26.3 Å². The number of halogens is 2. The number of rotatable bonds is 3. The highest BCUT2D eigenvalue weighted by Crippen LogP contribution is 2.21. The lowest BCUT2D eigenvalue weighted by molar-refractivity contribution is 0.171. The second kappa shape index (κ2) is 7.34. The molecule has 1 atom stereocenters. The second-order valence-electron chi connectivity index (χ2n) is 5.05. The minimum absolute atomic E-state index is 0. The van der Waals surface area contributed by atoms with Crippen LogP contribution in [0.2, 0.25) is 5.02 Å². The third-order valence-corrected chi connectivity index (χ3v) is 3.87. The molecule has 102 valence electrons. The summed E-state index contributed by atoms with van der Waals surface area (Å²) in [6, 6.07) is 6.17. The lowest BCUT2D eigenvalue weighted by Crippen LogP contribution is -2.37. The summed E-state index contributed by atoms with van der Waals surface area (Å²) in [6.45, 7) is 6.30. The Hall–Kier alpha value is -0.280. The first-order valence-electron chi connectivity index (χ1n) is 6.36. The average Bonchev–Trinajstić information content (AvgIpc) is 2.33. The van der Waals surface area contributed by atoms with Gasteiger partial charge >= 0.3 is 0 Å². The summed E-state index contributed by atoms with van der Waals surface area (Å²) in [5.41, 5.74) is 8.43. The van der Waals surface area contributed by atoms with Crippen LogP contribution in [0.5, 0.6) is 0 Å². The van der Waals surface area contributed by atoms with Gasteiger partial charge < -0.3 is 5.73 Å². The number of hydrogen-bond acceptors (Lipinski definition) is 2. The van der Waals surface area contributed by atoms with E-state index in [-0.39, 0.29) is 12.4 Å². The van der Waals surface area contributed by atoms with E-state index in [1.165, 1.54) is 30.5 Å². The number of likely N-dealkylation sites (tertiary alicyclic amines) is 1. The molecule has 0 bridgehead atoms. The van der Waals surface area contributed by atoms with Crippen LogP contribution in [-0.2, 0) is 6.54 Å². The second-order valence-corrected chi connectivity index (χ2v) is 5.49. The van der Waals surface area contributed by atoms with Crippen molar-refractivity contribution in [1.29, 1.82) is 0 Å². The maximum Gasteiger partial charge on any atom is 0.0408 e. The molecule has 1 aliphatic heterocycles. The highest BCUT2D eigenvalue weighted by Gasteiger charge is 2.18. The number of piperidine rings is 1. The topological polar surface area (TPSA) is 29.3 Å². The summed E-state index contributed by atoms with van der Waals surface area (Å²) in [5, 5.41) is 0.824. The number of nitrogens with zero attached hydrogens (tertiary/aromatic N) is 1. The van der Waals surface area contributed by atoms with E-state index in [0.29, 0.717) is 5.92 Å². The Balaban J connectivity index is 0.00000162.